The molecule has 0 fully saturated rings. The molecule has 1 aliphatic carbocycles. The van der Waals surface area contributed by atoms with E-state index in [-0.39, 0.29) is 0 Å². The highest BCUT2D eigenvalue weighted by Crippen LogP contribution is 2.57. The fourth-order valence-corrected chi connectivity index (χ4v) is 12.1. The van der Waals surface area contributed by atoms with E-state index in [1.807, 2.05) is 0 Å². The molecular weight excluding hydrogens is 857 g/mol. The molecule has 0 saturated carbocycles. The molecule has 12 aromatic carbocycles. The molecule has 0 spiro atoms. The lowest BCUT2D eigenvalue weighted by Crippen LogP contribution is -2.28. The number of nitrogens with zero attached hydrogens (tertiary/aromatic N) is 2. The minimum Gasteiger partial charge on any atom is -0.310 e. The van der Waals surface area contributed by atoms with Gasteiger partial charge in [0.05, 0.1) is 22.1 Å². The molecule has 0 radical (unpaired) electrons. The van der Waals surface area contributed by atoms with Crippen LogP contribution in [0.1, 0.15) is 22.3 Å². The first-order chi connectivity index (χ1) is 35.3. The van der Waals surface area contributed by atoms with Crippen LogP contribution in [0.2, 0.25) is 0 Å². The van der Waals surface area contributed by atoms with Gasteiger partial charge in [0.15, 0.2) is 0 Å². The molecule has 0 atom stereocenters. The van der Waals surface area contributed by atoms with E-state index in [4.69, 9.17) is 0 Å². The molecule has 0 unspecified atom stereocenters. The second kappa shape index (κ2) is 16.5. The van der Waals surface area contributed by atoms with Crippen molar-refractivity contribution in [3.8, 4) is 39.1 Å². The largest absolute Gasteiger partial charge is 0.310 e. The number of benzene rings is 12. The summed E-state index contributed by atoms with van der Waals surface area (Å²) in [6.45, 7) is 0. The molecule has 0 saturated heterocycles. The monoisotopic (exact) mass is 902 g/mol. The van der Waals surface area contributed by atoms with Gasteiger partial charge < -0.3 is 9.47 Å². The van der Waals surface area contributed by atoms with Crippen molar-refractivity contribution < 1.29 is 0 Å². The Bertz CT molecular complexity index is 4110. The highest BCUT2D eigenvalue weighted by atomic mass is 15.1. The Balaban J connectivity index is 0.952. The number of hydrogen-bond donors (Lipinski definition) is 0. The number of hydrogen-bond acceptors (Lipinski definition) is 1. The predicted molar refractivity (Wildman–Crippen MR) is 299 cm³/mol. The summed E-state index contributed by atoms with van der Waals surface area (Å²) in [6, 6.07) is 103. The Morgan fingerprint density at radius 3 is 1.59 bits per heavy atom. The van der Waals surface area contributed by atoms with Crippen LogP contribution in [0.15, 0.2) is 279 Å². The minimum atomic E-state index is -0.519. The maximum Gasteiger partial charge on any atom is 0.0714 e. The quantitative estimate of drug-likeness (QED) is 0.138. The molecule has 2 heteroatoms. The average Bonchev–Trinajstić information content (AvgIpc) is 3.96. The van der Waals surface area contributed by atoms with Gasteiger partial charge in [-0.25, -0.2) is 0 Å². The molecule has 13 aromatic rings. The first-order valence-corrected chi connectivity index (χ1v) is 24.6. The molecule has 1 heterocycles. The normalized spacial score (nSPS) is 12.6. The van der Waals surface area contributed by atoms with Crippen LogP contribution in [0.5, 0.6) is 0 Å². The highest BCUT2D eigenvalue weighted by molar-refractivity contribution is 6.32. The van der Waals surface area contributed by atoms with Crippen molar-refractivity contribution in [3.63, 3.8) is 0 Å². The van der Waals surface area contributed by atoms with Gasteiger partial charge in [0.25, 0.3) is 0 Å². The van der Waals surface area contributed by atoms with Crippen molar-refractivity contribution >= 4 is 60.4 Å². The van der Waals surface area contributed by atoms with Gasteiger partial charge in [-0.2, -0.15) is 0 Å². The summed E-state index contributed by atoms with van der Waals surface area (Å²) in [6.07, 6.45) is 0. The minimum absolute atomic E-state index is 0.519. The van der Waals surface area contributed by atoms with E-state index in [0.717, 1.165) is 33.9 Å². The van der Waals surface area contributed by atoms with Gasteiger partial charge in [0.2, 0.25) is 0 Å². The van der Waals surface area contributed by atoms with Crippen LogP contribution in [0.4, 0.5) is 17.1 Å². The van der Waals surface area contributed by atoms with Gasteiger partial charge >= 0.3 is 0 Å². The number of fused-ring (bicyclic) bond motifs is 11. The van der Waals surface area contributed by atoms with Crippen molar-refractivity contribution in [1.82, 2.24) is 4.57 Å². The Morgan fingerprint density at radius 2 is 0.859 bits per heavy atom. The third-order valence-corrected chi connectivity index (χ3v) is 15.0. The van der Waals surface area contributed by atoms with Crippen molar-refractivity contribution in [1.29, 1.82) is 0 Å². The van der Waals surface area contributed by atoms with Crippen LogP contribution >= 0.6 is 0 Å². The fraction of sp³-hybridized carbons (Fsp3) is 0.0145. The maximum atomic E-state index is 2.47. The van der Waals surface area contributed by atoms with E-state index in [9.17, 15) is 0 Å². The number of aromatic nitrogens is 1. The molecule has 0 amide bonds. The lowest BCUT2D eigenvalue weighted by molar-refractivity contribution is 0.768. The van der Waals surface area contributed by atoms with Crippen LogP contribution in [0.3, 0.4) is 0 Å². The second-order valence-electron chi connectivity index (χ2n) is 18.7. The molecule has 2 nitrogen and oxygen atoms in total. The van der Waals surface area contributed by atoms with E-state index in [0.29, 0.717) is 0 Å². The van der Waals surface area contributed by atoms with E-state index in [2.05, 4.69) is 289 Å². The van der Waals surface area contributed by atoms with Gasteiger partial charge in [0.1, 0.15) is 0 Å². The molecule has 0 bridgehead atoms. The molecule has 14 rings (SSSR count). The van der Waals surface area contributed by atoms with E-state index < -0.39 is 5.41 Å². The van der Waals surface area contributed by atoms with E-state index in [1.165, 1.54) is 87.9 Å². The average molecular weight is 903 g/mol. The van der Waals surface area contributed by atoms with Gasteiger partial charge in [0, 0.05) is 38.8 Å². The van der Waals surface area contributed by atoms with Crippen molar-refractivity contribution in [2.75, 3.05) is 4.90 Å². The zero-order chi connectivity index (χ0) is 46.9. The van der Waals surface area contributed by atoms with Crippen LogP contribution in [0.25, 0.3) is 82.4 Å². The lowest BCUT2D eigenvalue weighted by Gasteiger charge is -2.35. The third-order valence-electron chi connectivity index (χ3n) is 15.0. The van der Waals surface area contributed by atoms with Gasteiger partial charge in [-0.1, -0.05) is 218 Å². The summed E-state index contributed by atoms with van der Waals surface area (Å²) in [5.41, 5.74) is 18.6. The van der Waals surface area contributed by atoms with Crippen LogP contribution < -0.4 is 4.90 Å². The topological polar surface area (TPSA) is 8.17 Å². The fourth-order valence-electron chi connectivity index (χ4n) is 12.1. The zero-order valence-electron chi connectivity index (χ0n) is 39.0. The summed E-state index contributed by atoms with van der Waals surface area (Å²) in [5.74, 6) is 0. The standard InChI is InChI=1S/C69H46N2/c1-5-24-50(25-6-1)69(51-26-7-2-8-27-51)63-38-19-17-35-58(63)59-42-41-54(46-64(59)69)70(52-28-9-3-10-29-52)65-39-20-18-32-55(65)49-23-21-22-47(44-49)48-40-43-66-62(45-48)67-60-36-15-13-33-56(60)57-34-14-16-37-61(57)68(67)71(66)53-30-11-4-12-31-53/h1-46H. The van der Waals surface area contributed by atoms with Crippen molar-refractivity contribution in [2.45, 2.75) is 5.41 Å². The molecule has 71 heavy (non-hydrogen) atoms. The summed E-state index contributed by atoms with van der Waals surface area (Å²) in [7, 11) is 0. The predicted octanol–water partition coefficient (Wildman–Crippen LogP) is 18.3. The smallest absolute Gasteiger partial charge is 0.0714 e. The van der Waals surface area contributed by atoms with Crippen LogP contribution in [-0.4, -0.2) is 4.57 Å². The Labute approximate surface area is 413 Å². The molecule has 1 aliphatic rings. The van der Waals surface area contributed by atoms with Crippen LogP contribution in [-0.2, 0) is 5.41 Å². The van der Waals surface area contributed by atoms with Crippen LogP contribution in [0, 0.1) is 0 Å². The molecule has 0 aliphatic heterocycles. The number of para-hydroxylation sites is 3. The molecular formula is C69H46N2. The summed E-state index contributed by atoms with van der Waals surface area (Å²) < 4.78 is 2.47. The van der Waals surface area contributed by atoms with Crippen molar-refractivity contribution in [3.05, 3.63) is 301 Å². The third kappa shape index (κ3) is 6.28. The zero-order valence-corrected chi connectivity index (χ0v) is 39.0. The van der Waals surface area contributed by atoms with E-state index >= 15 is 0 Å². The summed E-state index contributed by atoms with van der Waals surface area (Å²) >= 11 is 0. The van der Waals surface area contributed by atoms with Gasteiger partial charge in [-0.15, -0.1) is 0 Å². The Hall–Kier alpha value is -9.24. The number of anilines is 3. The summed E-state index contributed by atoms with van der Waals surface area (Å²) in [5, 5.41) is 7.58. The van der Waals surface area contributed by atoms with Gasteiger partial charge in [-0.3, -0.25) is 0 Å². The SMILES string of the molecule is c1ccc(N(c2ccc3c(c2)C(c2ccccc2)(c2ccccc2)c2ccccc2-3)c2ccccc2-c2cccc(-c3ccc4c(c3)c3c5ccccc5c5ccccc5c3n4-c3ccccc3)c2)cc1. The Morgan fingerprint density at radius 1 is 0.310 bits per heavy atom. The number of rotatable bonds is 8. The van der Waals surface area contributed by atoms with Crippen molar-refractivity contribution in [2.24, 2.45) is 0 Å². The lowest BCUT2D eigenvalue weighted by atomic mass is 9.67. The first kappa shape index (κ1) is 40.8. The second-order valence-corrected chi connectivity index (χ2v) is 18.7. The van der Waals surface area contributed by atoms with Gasteiger partial charge in [-0.05, 0) is 127 Å². The highest BCUT2D eigenvalue weighted by Gasteiger charge is 2.46. The molecule has 332 valence electrons. The maximum absolute atomic E-state index is 2.47. The first-order valence-electron chi connectivity index (χ1n) is 24.6. The Kier molecular flexibility index (Phi) is 9.47. The molecule has 1 aromatic heterocycles. The molecule has 0 N–H and O–H groups in total. The van der Waals surface area contributed by atoms with E-state index in [1.54, 1.807) is 0 Å². The summed E-state index contributed by atoms with van der Waals surface area (Å²) in [4.78, 5) is 2.45.